The maximum absolute atomic E-state index is 6.13. The summed E-state index contributed by atoms with van der Waals surface area (Å²) < 4.78 is 6.35. The molecule has 0 saturated carbocycles. The summed E-state index contributed by atoms with van der Waals surface area (Å²) in [5.74, 6) is 0.551. The Morgan fingerprint density at radius 3 is 3.00 bits per heavy atom. The number of halogens is 2. The van der Waals surface area contributed by atoms with Crippen molar-refractivity contribution in [2.24, 2.45) is 0 Å². The summed E-state index contributed by atoms with van der Waals surface area (Å²) >= 11 is 9.49. The molecule has 0 fully saturated rings. The van der Waals surface area contributed by atoms with E-state index in [0.29, 0.717) is 17.5 Å². The van der Waals surface area contributed by atoms with E-state index in [-0.39, 0.29) is 0 Å². The summed E-state index contributed by atoms with van der Waals surface area (Å²) in [4.78, 5) is 4.38. The Morgan fingerprint density at radius 2 is 2.29 bits per heavy atom. The third kappa shape index (κ3) is 3.09. The molecule has 5 heteroatoms. The van der Waals surface area contributed by atoms with Gasteiger partial charge in [0.05, 0.1) is 16.3 Å². The van der Waals surface area contributed by atoms with Gasteiger partial charge in [-0.3, -0.25) is 0 Å². The minimum Gasteiger partial charge on any atom is -0.444 e. The fourth-order valence-corrected chi connectivity index (χ4v) is 2.18. The quantitative estimate of drug-likeness (QED) is 0.931. The van der Waals surface area contributed by atoms with Gasteiger partial charge in [-0.1, -0.05) is 34.5 Å². The standard InChI is InChI=1S/C12H12BrClN2O/c1-2-15-6-9-7-17-12(16-9)10-4-3-8(13)5-11(10)14/h3-5,7,15H,2,6H2,1H3. The summed E-state index contributed by atoms with van der Waals surface area (Å²) in [5, 5.41) is 3.81. The number of benzene rings is 1. The first-order valence-electron chi connectivity index (χ1n) is 5.31. The Kier molecular flexibility index (Phi) is 4.20. The zero-order valence-corrected chi connectivity index (χ0v) is 11.7. The van der Waals surface area contributed by atoms with Crippen LogP contribution in [0, 0.1) is 0 Å². The number of hydrogen-bond donors (Lipinski definition) is 1. The molecule has 0 bridgehead atoms. The third-order valence-electron chi connectivity index (χ3n) is 2.27. The molecule has 0 spiro atoms. The van der Waals surface area contributed by atoms with E-state index in [0.717, 1.165) is 22.3 Å². The molecular weight excluding hydrogens is 304 g/mol. The molecule has 0 saturated heterocycles. The fourth-order valence-electron chi connectivity index (χ4n) is 1.43. The summed E-state index contributed by atoms with van der Waals surface area (Å²) in [6.45, 7) is 3.65. The third-order valence-corrected chi connectivity index (χ3v) is 3.08. The Labute approximate surface area is 113 Å². The molecule has 0 atom stereocenters. The van der Waals surface area contributed by atoms with Gasteiger partial charge in [-0.15, -0.1) is 0 Å². The molecule has 0 aliphatic carbocycles. The highest BCUT2D eigenvalue weighted by Crippen LogP contribution is 2.29. The fraction of sp³-hybridized carbons (Fsp3) is 0.250. The van der Waals surface area contributed by atoms with Crippen LogP contribution in [0.25, 0.3) is 11.5 Å². The lowest BCUT2D eigenvalue weighted by molar-refractivity contribution is 0.570. The van der Waals surface area contributed by atoms with Gasteiger partial charge in [0.1, 0.15) is 6.26 Å². The first-order valence-corrected chi connectivity index (χ1v) is 6.48. The van der Waals surface area contributed by atoms with E-state index >= 15 is 0 Å². The predicted molar refractivity (Wildman–Crippen MR) is 72.0 cm³/mol. The SMILES string of the molecule is CCNCc1coc(-c2ccc(Br)cc2Cl)n1. The number of oxazole rings is 1. The van der Waals surface area contributed by atoms with Gasteiger partial charge in [-0.2, -0.15) is 0 Å². The van der Waals surface area contributed by atoms with Crippen molar-refractivity contribution in [2.75, 3.05) is 6.54 Å². The van der Waals surface area contributed by atoms with Crippen molar-refractivity contribution in [3.8, 4) is 11.5 Å². The normalized spacial score (nSPS) is 10.8. The second kappa shape index (κ2) is 5.67. The van der Waals surface area contributed by atoms with Crippen molar-refractivity contribution >= 4 is 27.5 Å². The van der Waals surface area contributed by atoms with E-state index in [1.165, 1.54) is 0 Å². The van der Waals surface area contributed by atoms with E-state index in [9.17, 15) is 0 Å². The molecule has 0 radical (unpaired) electrons. The van der Waals surface area contributed by atoms with Gasteiger partial charge in [0.15, 0.2) is 0 Å². The Morgan fingerprint density at radius 1 is 1.47 bits per heavy atom. The molecule has 17 heavy (non-hydrogen) atoms. The number of nitrogens with zero attached hydrogens (tertiary/aromatic N) is 1. The second-order valence-corrected chi connectivity index (χ2v) is 4.87. The van der Waals surface area contributed by atoms with E-state index < -0.39 is 0 Å². The molecule has 0 unspecified atom stereocenters. The van der Waals surface area contributed by atoms with Crippen LogP contribution in [0.15, 0.2) is 33.4 Å². The van der Waals surface area contributed by atoms with Crippen molar-refractivity contribution < 1.29 is 4.42 Å². The van der Waals surface area contributed by atoms with Crippen LogP contribution < -0.4 is 5.32 Å². The largest absolute Gasteiger partial charge is 0.444 e. The van der Waals surface area contributed by atoms with Gasteiger partial charge in [0, 0.05) is 11.0 Å². The predicted octanol–water partition coefficient (Wildman–Crippen LogP) is 3.87. The average molecular weight is 316 g/mol. The van der Waals surface area contributed by atoms with E-state index in [1.807, 2.05) is 25.1 Å². The van der Waals surface area contributed by atoms with Crippen molar-refractivity contribution in [1.82, 2.24) is 10.3 Å². The van der Waals surface area contributed by atoms with Crippen molar-refractivity contribution in [3.05, 3.63) is 39.7 Å². The minimum atomic E-state index is 0.551. The Hall–Kier alpha value is -0.840. The van der Waals surface area contributed by atoms with Gasteiger partial charge in [-0.05, 0) is 24.7 Å². The molecule has 1 heterocycles. The molecule has 1 aromatic carbocycles. The first-order chi connectivity index (χ1) is 8.20. The van der Waals surface area contributed by atoms with Crippen molar-refractivity contribution in [3.63, 3.8) is 0 Å². The number of rotatable bonds is 4. The van der Waals surface area contributed by atoms with Crippen LogP contribution in [0.3, 0.4) is 0 Å². The van der Waals surface area contributed by atoms with Gasteiger partial charge >= 0.3 is 0 Å². The topological polar surface area (TPSA) is 38.1 Å². The summed E-state index contributed by atoms with van der Waals surface area (Å²) in [6, 6.07) is 5.62. The molecular formula is C12H12BrClN2O. The second-order valence-electron chi connectivity index (χ2n) is 3.55. The van der Waals surface area contributed by atoms with Gasteiger partial charge in [0.25, 0.3) is 0 Å². The highest BCUT2D eigenvalue weighted by Gasteiger charge is 2.10. The number of nitrogens with one attached hydrogen (secondary N) is 1. The van der Waals surface area contributed by atoms with Crippen LogP contribution in [-0.4, -0.2) is 11.5 Å². The van der Waals surface area contributed by atoms with E-state index in [2.05, 4.69) is 26.2 Å². The number of hydrogen-bond acceptors (Lipinski definition) is 3. The van der Waals surface area contributed by atoms with Crippen LogP contribution in [0.1, 0.15) is 12.6 Å². The zero-order chi connectivity index (χ0) is 12.3. The smallest absolute Gasteiger partial charge is 0.227 e. The summed E-state index contributed by atoms with van der Waals surface area (Å²) in [6.07, 6.45) is 1.65. The van der Waals surface area contributed by atoms with Crippen LogP contribution in [0.4, 0.5) is 0 Å². The Balaban J connectivity index is 2.24. The molecule has 2 aromatic rings. The first kappa shape index (κ1) is 12.6. The molecule has 0 aliphatic heterocycles. The lowest BCUT2D eigenvalue weighted by atomic mass is 10.2. The molecule has 0 aliphatic rings. The van der Waals surface area contributed by atoms with E-state index in [1.54, 1.807) is 6.26 Å². The van der Waals surface area contributed by atoms with E-state index in [4.69, 9.17) is 16.0 Å². The molecule has 1 aromatic heterocycles. The zero-order valence-electron chi connectivity index (χ0n) is 9.34. The maximum atomic E-state index is 6.13. The molecule has 90 valence electrons. The highest BCUT2D eigenvalue weighted by molar-refractivity contribution is 9.10. The average Bonchev–Trinajstić information content (AvgIpc) is 2.75. The lowest BCUT2D eigenvalue weighted by Gasteiger charge is -1.99. The summed E-state index contributed by atoms with van der Waals surface area (Å²) in [5.41, 5.74) is 1.68. The molecule has 3 nitrogen and oxygen atoms in total. The molecule has 2 rings (SSSR count). The monoisotopic (exact) mass is 314 g/mol. The maximum Gasteiger partial charge on any atom is 0.227 e. The van der Waals surface area contributed by atoms with Crippen molar-refractivity contribution in [1.29, 1.82) is 0 Å². The van der Waals surface area contributed by atoms with Crippen LogP contribution >= 0.6 is 27.5 Å². The van der Waals surface area contributed by atoms with Crippen LogP contribution in [0.2, 0.25) is 5.02 Å². The highest BCUT2D eigenvalue weighted by atomic mass is 79.9. The Bertz CT molecular complexity index is 513. The van der Waals surface area contributed by atoms with Crippen molar-refractivity contribution in [2.45, 2.75) is 13.5 Å². The summed E-state index contributed by atoms with van der Waals surface area (Å²) in [7, 11) is 0. The van der Waals surface area contributed by atoms with Gasteiger partial charge in [0.2, 0.25) is 5.89 Å². The number of aromatic nitrogens is 1. The van der Waals surface area contributed by atoms with Gasteiger partial charge in [-0.25, -0.2) is 4.98 Å². The lowest BCUT2D eigenvalue weighted by Crippen LogP contribution is -2.11. The van der Waals surface area contributed by atoms with Crippen LogP contribution in [0.5, 0.6) is 0 Å². The minimum absolute atomic E-state index is 0.551. The molecule has 0 amide bonds. The van der Waals surface area contributed by atoms with Crippen LogP contribution in [-0.2, 0) is 6.54 Å². The molecule has 1 N–H and O–H groups in total. The van der Waals surface area contributed by atoms with Gasteiger partial charge < -0.3 is 9.73 Å².